The van der Waals surface area contributed by atoms with E-state index in [4.69, 9.17) is 5.11 Å². The molecule has 1 rings (SSSR count). The van der Waals surface area contributed by atoms with Crippen molar-refractivity contribution in [2.75, 3.05) is 0 Å². The maximum atomic E-state index is 10.8. The predicted octanol–water partition coefficient (Wildman–Crippen LogP) is 4.50. The van der Waals surface area contributed by atoms with Crippen molar-refractivity contribution >= 4 is 5.97 Å². The highest BCUT2D eigenvalue weighted by Gasteiger charge is 2.27. The van der Waals surface area contributed by atoms with Crippen LogP contribution in [0.15, 0.2) is 0 Å². The first-order valence-corrected chi connectivity index (χ1v) is 8.73. The summed E-state index contributed by atoms with van der Waals surface area (Å²) in [6, 6.07) is 0.160. The van der Waals surface area contributed by atoms with Crippen molar-refractivity contribution in [2.45, 2.75) is 102 Å². The SMILES string of the molecule is CCCCCCCCCCCCC1CCC(C(=O)O)N1. The Labute approximate surface area is 124 Å². The summed E-state index contributed by atoms with van der Waals surface area (Å²) in [5.41, 5.74) is 0. The van der Waals surface area contributed by atoms with Gasteiger partial charge in [-0.1, -0.05) is 71.1 Å². The van der Waals surface area contributed by atoms with Crippen LogP contribution in [0.4, 0.5) is 0 Å². The smallest absolute Gasteiger partial charge is 0.320 e. The second kappa shape index (κ2) is 11.1. The Hall–Kier alpha value is -0.570. The minimum Gasteiger partial charge on any atom is -0.480 e. The minimum absolute atomic E-state index is 0.289. The number of hydrogen-bond acceptors (Lipinski definition) is 2. The first kappa shape index (κ1) is 17.5. The number of hydrogen-bond donors (Lipinski definition) is 2. The van der Waals surface area contributed by atoms with Crippen LogP contribution in [0, 0.1) is 0 Å². The van der Waals surface area contributed by atoms with Crippen LogP contribution in [-0.2, 0) is 4.79 Å². The Morgan fingerprint density at radius 2 is 1.50 bits per heavy atom. The zero-order chi connectivity index (χ0) is 14.6. The molecular formula is C17H33NO2. The Bertz CT molecular complexity index is 255. The zero-order valence-electron chi connectivity index (χ0n) is 13.2. The molecule has 1 fully saturated rings. The molecule has 3 nitrogen and oxygen atoms in total. The van der Waals surface area contributed by atoms with Gasteiger partial charge < -0.3 is 10.4 Å². The van der Waals surface area contributed by atoms with Crippen molar-refractivity contribution in [3.8, 4) is 0 Å². The molecule has 20 heavy (non-hydrogen) atoms. The maximum Gasteiger partial charge on any atom is 0.320 e. The van der Waals surface area contributed by atoms with E-state index in [1.54, 1.807) is 0 Å². The monoisotopic (exact) mass is 283 g/mol. The summed E-state index contributed by atoms with van der Waals surface area (Å²) in [5, 5.41) is 12.1. The van der Waals surface area contributed by atoms with Gasteiger partial charge in [0, 0.05) is 6.04 Å². The van der Waals surface area contributed by atoms with Crippen molar-refractivity contribution in [1.29, 1.82) is 0 Å². The van der Waals surface area contributed by atoms with Gasteiger partial charge in [0.2, 0.25) is 0 Å². The lowest BCUT2D eigenvalue weighted by Gasteiger charge is -2.11. The van der Waals surface area contributed by atoms with Gasteiger partial charge in [-0.15, -0.1) is 0 Å². The van der Waals surface area contributed by atoms with E-state index in [9.17, 15) is 4.79 Å². The number of rotatable bonds is 12. The van der Waals surface area contributed by atoms with E-state index in [-0.39, 0.29) is 6.04 Å². The predicted molar refractivity (Wildman–Crippen MR) is 84.0 cm³/mol. The highest BCUT2D eigenvalue weighted by Crippen LogP contribution is 2.18. The summed E-state index contributed by atoms with van der Waals surface area (Å²) in [5.74, 6) is -0.685. The third-order valence-corrected chi connectivity index (χ3v) is 4.44. The molecule has 0 amide bonds. The zero-order valence-corrected chi connectivity index (χ0v) is 13.2. The minimum atomic E-state index is -0.685. The van der Waals surface area contributed by atoms with Crippen molar-refractivity contribution in [3.63, 3.8) is 0 Å². The summed E-state index contributed by atoms with van der Waals surface area (Å²) in [4.78, 5) is 10.8. The van der Waals surface area contributed by atoms with Crippen LogP contribution in [-0.4, -0.2) is 23.2 Å². The molecule has 1 aliphatic heterocycles. The molecule has 2 N–H and O–H groups in total. The molecule has 0 radical (unpaired) electrons. The largest absolute Gasteiger partial charge is 0.480 e. The Kier molecular flexibility index (Phi) is 9.73. The van der Waals surface area contributed by atoms with E-state index in [1.165, 1.54) is 64.2 Å². The van der Waals surface area contributed by atoms with Gasteiger partial charge in [0.25, 0.3) is 0 Å². The average Bonchev–Trinajstić information content (AvgIpc) is 2.90. The average molecular weight is 283 g/mol. The number of unbranched alkanes of at least 4 members (excludes halogenated alkanes) is 9. The van der Waals surface area contributed by atoms with Crippen LogP contribution < -0.4 is 5.32 Å². The second-order valence-electron chi connectivity index (χ2n) is 6.30. The Morgan fingerprint density at radius 3 is 2.00 bits per heavy atom. The van der Waals surface area contributed by atoms with Gasteiger partial charge in [0.05, 0.1) is 0 Å². The van der Waals surface area contributed by atoms with Crippen molar-refractivity contribution in [3.05, 3.63) is 0 Å². The van der Waals surface area contributed by atoms with Gasteiger partial charge in [0.1, 0.15) is 6.04 Å². The molecule has 1 saturated heterocycles. The van der Waals surface area contributed by atoms with Gasteiger partial charge in [-0.05, 0) is 19.3 Å². The van der Waals surface area contributed by atoms with Crippen LogP contribution in [0.25, 0.3) is 0 Å². The fourth-order valence-electron chi connectivity index (χ4n) is 3.12. The van der Waals surface area contributed by atoms with Crippen LogP contribution >= 0.6 is 0 Å². The summed E-state index contributed by atoms with van der Waals surface area (Å²) in [7, 11) is 0. The molecule has 1 heterocycles. The molecule has 3 heteroatoms. The second-order valence-corrected chi connectivity index (χ2v) is 6.30. The van der Waals surface area contributed by atoms with Crippen molar-refractivity contribution < 1.29 is 9.90 Å². The number of nitrogens with one attached hydrogen (secondary N) is 1. The molecule has 118 valence electrons. The highest BCUT2D eigenvalue weighted by molar-refractivity contribution is 5.73. The van der Waals surface area contributed by atoms with Crippen LogP contribution in [0.3, 0.4) is 0 Å². The third-order valence-electron chi connectivity index (χ3n) is 4.44. The lowest BCUT2D eigenvalue weighted by atomic mass is 10.0. The molecular weight excluding hydrogens is 250 g/mol. The first-order valence-electron chi connectivity index (χ1n) is 8.73. The summed E-state index contributed by atoms with van der Waals surface area (Å²) >= 11 is 0. The van der Waals surface area contributed by atoms with Crippen LogP contribution in [0.2, 0.25) is 0 Å². The summed E-state index contributed by atoms with van der Waals surface area (Å²) < 4.78 is 0. The van der Waals surface area contributed by atoms with Crippen LogP contribution in [0.1, 0.15) is 90.4 Å². The number of carboxylic acid groups (broad SMARTS) is 1. The van der Waals surface area contributed by atoms with Crippen molar-refractivity contribution in [2.24, 2.45) is 0 Å². The van der Waals surface area contributed by atoms with E-state index in [0.717, 1.165) is 19.3 Å². The van der Waals surface area contributed by atoms with E-state index < -0.39 is 5.97 Å². The summed E-state index contributed by atoms with van der Waals surface area (Å²) in [6.45, 7) is 2.26. The van der Waals surface area contributed by atoms with E-state index in [1.807, 2.05) is 0 Å². The topological polar surface area (TPSA) is 49.3 Å². The quantitative estimate of drug-likeness (QED) is 0.518. The number of aliphatic carboxylic acids is 1. The van der Waals surface area contributed by atoms with E-state index in [2.05, 4.69) is 12.2 Å². The van der Waals surface area contributed by atoms with Crippen LogP contribution in [0.5, 0.6) is 0 Å². The number of carboxylic acids is 1. The Morgan fingerprint density at radius 1 is 0.950 bits per heavy atom. The standard InChI is InChI=1S/C17H33NO2/c1-2-3-4-5-6-7-8-9-10-11-12-15-13-14-16(18-15)17(19)20/h15-16,18H,2-14H2,1H3,(H,19,20). The van der Waals surface area contributed by atoms with Crippen molar-refractivity contribution in [1.82, 2.24) is 5.32 Å². The fraction of sp³-hybridized carbons (Fsp3) is 0.941. The summed E-state index contributed by atoms with van der Waals surface area (Å²) in [6.07, 6.45) is 16.6. The van der Waals surface area contributed by atoms with Gasteiger partial charge in [-0.3, -0.25) is 4.79 Å². The molecule has 0 aliphatic carbocycles. The maximum absolute atomic E-state index is 10.8. The molecule has 2 unspecified atom stereocenters. The highest BCUT2D eigenvalue weighted by atomic mass is 16.4. The molecule has 2 atom stereocenters. The molecule has 0 aromatic carbocycles. The molecule has 0 aromatic heterocycles. The molecule has 0 bridgehead atoms. The van der Waals surface area contributed by atoms with E-state index >= 15 is 0 Å². The Balaban J connectivity index is 1.82. The molecule has 0 aromatic rings. The molecule has 0 spiro atoms. The fourth-order valence-corrected chi connectivity index (χ4v) is 3.12. The van der Waals surface area contributed by atoms with Gasteiger partial charge in [-0.2, -0.15) is 0 Å². The van der Waals surface area contributed by atoms with Gasteiger partial charge in [-0.25, -0.2) is 0 Å². The number of carbonyl (C=O) groups is 1. The lowest BCUT2D eigenvalue weighted by Crippen LogP contribution is -2.35. The van der Waals surface area contributed by atoms with E-state index in [0.29, 0.717) is 6.04 Å². The normalized spacial score (nSPS) is 22.2. The first-order chi connectivity index (χ1) is 9.74. The van der Waals surface area contributed by atoms with Gasteiger partial charge >= 0.3 is 5.97 Å². The third kappa shape index (κ3) is 7.88. The molecule has 0 saturated carbocycles. The lowest BCUT2D eigenvalue weighted by molar-refractivity contribution is -0.139. The van der Waals surface area contributed by atoms with Gasteiger partial charge in [0.15, 0.2) is 0 Å². The molecule has 1 aliphatic rings.